The molecular weight excluding hydrogens is 410 g/mol. The van der Waals surface area contributed by atoms with Crippen LogP contribution in [0, 0.1) is 0 Å². The maximum absolute atomic E-state index is 13.1. The summed E-state index contributed by atoms with van der Waals surface area (Å²) < 4.78 is 15.9. The highest BCUT2D eigenvalue weighted by molar-refractivity contribution is 9.10. The SMILES string of the molecule is COc1cc2ncc3c4c2c(c1Br)OCC(c1ccccc1)n4c(=O)n3C. The number of rotatable bonds is 2. The monoisotopic (exact) mass is 425 g/mol. The van der Waals surface area contributed by atoms with Crippen molar-refractivity contribution in [1.29, 1.82) is 0 Å². The van der Waals surface area contributed by atoms with E-state index in [2.05, 4.69) is 20.9 Å². The summed E-state index contributed by atoms with van der Waals surface area (Å²) >= 11 is 3.60. The minimum Gasteiger partial charge on any atom is -0.495 e. The number of benzene rings is 2. The topological polar surface area (TPSA) is 58.3 Å². The lowest BCUT2D eigenvalue weighted by Gasteiger charge is -2.18. The van der Waals surface area contributed by atoms with Crippen LogP contribution in [0.1, 0.15) is 11.6 Å². The Bertz CT molecular complexity index is 1260. The first-order valence-electron chi connectivity index (χ1n) is 8.55. The molecule has 5 rings (SSSR count). The van der Waals surface area contributed by atoms with E-state index in [1.807, 2.05) is 41.0 Å². The molecule has 1 aliphatic heterocycles. The molecule has 0 spiro atoms. The third-order valence-corrected chi connectivity index (χ3v) is 5.92. The van der Waals surface area contributed by atoms with Crippen molar-refractivity contribution in [2.45, 2.75) is 6.04 Å². The van der Waals surface area contributed by atoms with Gasteiger partial charge in [0.05, 0.1) is 41.3 Å². The van der Waals surface area contributed by atoms with Gasteiger partial charge in [-0.1, -0.05) is 30.3 Å². The van der Waals surface area contributed by atoms with Crippen molar-refractivity contribution < 1.29 is 9.47 Å². The zero-order valence-electron chi connectivity index (χ0n) is 14.8. The van der Waals surface area contributed by atoms with Crippen LogP contribution in [-0.2, 0) is 7.05 Å². The summed E-state index contributed by atoms with van der Waals surface area (Å²) in [6.45, 7) is 0.332. The van der Waals surface area contributed by atoms with Gasteiger partial charge in [-0.25, -0.2) is 4.79 Å². The number of ether oxygens (including phenoxy) is 2. The third kappa shape index (κ3) is 2.18. The molecule has 1 atom stereocenters. The Labute approximate surface area is 163 Å². The van der Waals surface area contributed by atoms with Crippen LogP contribution < -0.4 is 15.2 Å². The van der Waals surface area contributed by atoms with Gasteiger partial charge in [0.1, 0.15) is 22.6 Å². The second kappa shape index (κ2) is 5.85. The maximum atomic E-state index is 13.1. The van der Waals surface area contributed by atoms with Crippen LogP contribution in [0.15, 0.2) is 51.9 Å². The van der Waals surface area contributed by atoms with Gasteiger partial charge < -0.3 is 9.47 Å². The Morgan fingerprint density at radius 2 is 2.07 bits per heavy atom. The first kappa shape index (κ1) is 16.4. The molecule has 0 N–H and O–H groups in total. The van der Waals surface area contributed by atoms with Crippen LogP contribution in [0.25, 0.3) is 21.9 Å². The molecule has 0 radical (unpaired) electrons. The van der Waals surface area contributed by atoms with Gasteiger partial charge in [-0.15, -0.1) is 0 Å². The fourth-order valence-electron chi connectivity index (χ4n) is 3.83. The summed E-state index contributed by atoms with van der Waals surface area (Å²) in [5, 5.41) is 0.816. The Hall–Kier alpha value is -2.80. The summed E-state index contributed by atoms with van der Waals surface area (Å²) in [4.78, 5) is 17.7. The number of pyridine rings is 1. The lowest BCUT2D eigenvalue weighted by atomic mass is 10.1. The third-order valence-electron chi connectivity index (χ3n) is 5.17. The molecule has 6 nitrogen and oxygen atoms in total. The minimum atomic E-state index is -0.238. The second-order valence-corrected chi connectivity index (χ2v) is 7.35. The Balaban J connectivity index is 1.96. The molecule has 0 fully saturated rings. The first-order valence-corrected chi connectivity index (χ1v) is 9.35. The Morgan fingerprint density at radius 3 is 2.81 bits per heavy atom. The van der Waals surface area contributed by atoms with E-state index in [4.69, 9.17) is 9.47 Å². The fraction of sp³-hybridized carbons (Fsp3) is 0.200. The van der Waals surface area contributed by atoms with Crippen molar-refractivity contribution in [2.24, 2.45) is 7.05 Å². The standard InChI is InChI=1S/C20H16BrN3O3/c1-23-13-9-22-12-8-15(26-2)17(21)19-16(12)18(13)24(20(23)25)14(10-27-19)11-6-4-3-5-7-11/h3-9,14H,10H2,1-2H3. The molecule has 0 aliphatic carbocycles. The van der Waals surface area contributed by atoms with Crippen molar-refractivity contribution in [3.05, 3.63) is 63.1 Å². The van der Waals surface area contributed by atoms with Gasteiger partial charge >= 0.3 is 5.69 Å². The van der Waals surface area contributed by atoms with Crippen molar-refractivity contribution in [2.75, 3.05) is 13.7 Å². The summed E-state index contributed by atoms with van der Waals surface area (Å²) in [6, 6.07) is 11.6. The van der Waals surface area contributed by atoms with Gasteiger partial charge in [0.2, 0.25) is 0 Å². The number of aromatic nitrogens is 3. The van der Waals surface area contributed by atoms with Gasteiger partial charge in [0, 0.05) is 13.1 Å². The van der Waals surface area contributed by atoms with Crippen molar-refractivity contribution in [1.82, 2.24) is 14.1 Å². The Morgan fingerprint density at radius 1 is 1.30 bits per heavy atom. The molecule has 2 aromatic carbocycles. The molecule has 0 amide bonds. The summed E-state index contributed by atoms with van der Waals surface area (Å²) in [5.41, 5.74) is 3.27. The van der Waals surface area contributed by atoms with Crippen molar-refractivity contribution in [3.63, 3.8) is 0 Å². The van der Waals surface area contributed by atoms with Crippen molar-refractivity contribution in [3.8, 4) is 11.5 Å². The van der Waals surface area contributed by atoms with Gasteiger partial charge in [-0.2, -0.15) is 0 Å². The number of hydrogen-bond donors (Lipinski definition) is 0. The molecule has 0 saturated carbocycles. The zero-order chi connectivity index (χ0) is 18.7. The molecule has 2 aromatic heterocycles. The quantitative estimate of drug-likeness (QED) is 0.491. The summed E-state index contributed by atoms with van der Waals surface area (Å²) in [7, 11) is 3.39. The van der Waals surface area contributed by atoms with E-state index < -0.39 is 0 Å². The molecule has 7 heteroatoms. The van der Waals surface area contributed by atoms with Gasteiger partial charge in [-0.05, 0) is 21.5 Å². The number of nitrogens with zero attached hydrogens (tertiary/aromatic N) is 3. The van der Waals surface area contributed by atoms with E-state index in [9.17, 15) is 4.79 Å². The van der Waals surface area contributed by atoms with E-state index >= 15 is 0 Å². The number of aryl methyl sites for hydroxylation is 1. The van der Waals surface area contributed by atoms with Gasteiger partial charge in [0.15, 0.2) is 0 Å². The van der Waals surface area contributed by atoms with Crippen molar-refractivity contribution >= 4 is 37.9 Å². The molecule has 136 valence electrons. The average molecular weight is 426 g/mol. The summed E-state index contributed by atoms with van der Waals surface area (Å²) in [6.07, 6.45) is 1.74. The van der Waals surface area contributed by atoms with E-state index in [0.717, 1.165) is 32.0 Å². The lowest BCUT2D eigenvalue weighted by molar-refractivity contribution is 0.275. The highest BCUT2D eigenvalue weighted by Gasteiger charge is 2.29. The van der Waals surface area contributed by atoms with Crippen LogP contribution in [0.2, 0.25) is 0 Å². The molecule has 0 saturated heterocycles. The largest absolute Gasteiger partial charge is 0.495 e. The highest BCUT2D eigenvalue weighted by atomic mass is 79.9. The molecule has 4 aromatic rings. The Kier molecular flexibility index (Phi) is 3.55. The zero-order valence-corrected chi connectivity index (χ0v) is 16.4. The molecule has 1 aliphatic rings. The van der Waals surface area contributed by atoms with E-state index in [1.165, 1.54) is 0 Å². The van der Waals surface area contributed by atoms with Crippen LogP contribution in [0.4, 0.5) is 0 Å². The predicted octanol–water partition coefficient (Wildman–Crippen LogP) is 3.64. The van der Waals surface area contributed by atoms with E-state index in [1.54, 1.807) is 24.9 Å². The summed E-state index contributed by atoms with van der Waals surface area (Å²) in [5.74, 6) is 1.30. The van der Waals surface area contributed by atoms with Crippen LogP contribution >= 0.6 is 15.9 Å². The average Bonchev–Trinajstić information content (AvgIpc) is 2.85. The smallest absolute Gasteiger partial charge is 0.329 e. The van der Waals surface area contributed by atoms with Crippen LogP contribution in [0.5, 0.6) is 11.5 Å². The van der Waals surface area contributed by atoms with Gasteiger partial charge in [0.25, 0.3) is 0 Å². The molecule has 1 unspecified atom stereocenters. The normalized spacial score (nSPS) is 15.9. The maximum Gasteiger partial charge on any atom is 0.329 e. The number of halogens is 1. The molecule has 3 heterocycles. The van der Waals surface area contributed by atoms with Crippen LogP contribution in [0.3, 0.4) is 0 Å². The minimum absolute atomic E-state index is 0.0865. The predicted molar refractivity (Wildman–Crippen MR) is 107 cm³/mol. The molecule has 27 heavy (non-hydrogen) atoms. The fourth-order valence-corrected chi connectivity index (χ4v) is 4.42. The molecule has 0 bridgehead atoms. The second-order valence-electron chi connectivity index (χ2n) is 6.56. The van der Waals surface area contributed by atoms with Gasteiger partial charge in [-0.3, -0.25) is 14.1 Å². The molecular formula is C20H16BrN3O3. The number of hydrogen-bond acceptors (Lipinski definition) is 4. The van der Waals surface area contributed by atoms with E-state index in [0.29, 0.717) is 18.1 Å². The highest BCUT2D eigenvalue weighted by Crippen LogP contribution is 2.45. The first-order chi connectivity index (χ1) is 13.1. The number of methoxy groups -OCH3 is 1. The van der Waals surface area contributed by atoms with E-state index in [-0.39, 0.29) is 11.7 Å². The van der Waals surface area contributed by atoms with Crippen LogP contribution in [-0.4, -0.2) is 27.8 Å². The lowest BCUT2D eigenvalue weighted by Crippen LogP contribution is -2.29. The number of imidazole rings is 1.